The van der Waals surface area contributed by atoms with Crippen LogP contribution in [0.1, 0.15) is 11.1 Å². The van der Waals surface area contributed by atoms with Gasteiger partial charge in [-0.1, -0.05) is 83.9 Å². The Balaban J connectivity index is 1.02. The minimum absolute atomic E-state index is 0.123. The van der Waals surface area contributed by atoms with Crippen molar-refractivity contribution in [2.45, 2.75) is 25.2 Å². The van der Waals surface area contributed by atoms with Gasteiger partial charge in [0, 0.05) is 34.5 Å². The Morgan fingerprint density at radius 1 is 0.517 bits per heavy atom. The molecule has 0 aliphatic carbocycles. The van der Waals surface area contributed by atoms with Crippen LogP contribution in [0.25, 0.3) is 0 Å². The number of carbonyl (C=O) groups is 6. The van der Waals surface area contributed by atoms with Gasteiger partial charge in [0.15, 0.2) is 0 Å². The van der Waals surface area contributed by atoms with E-state index in [1.54, 1.807) is 72.8 Å². The molecule has 294 valence electrons. The van der Waals surface area contributed by atoms with Gasteiger partial charge in [0.2, 0.25) is 0 Å². The van der Waals surface area contributed by atoms with Crippen LogP contribution in [0.5, 0.6) is 0 Å². The number of urea groups is 4. The molecule has 0 bridgehead atoms. The zero-order chi connectivity index (χ0) is 40.8. The molecule has 2 atom stereocenters. The number of carbonyl (C=O) groups excluding carboxylic acids is 6. The second kappa shape index (κ2) is 17.5. The lowest BCUT2D eigenvalue weighted by Crippen LogP contribution is -2.46. The number of nitrogens with one attached hydrogen (secondary N) is 4. The molecule has 2 heterocycles. The van der Waals surface area contributed by atoms with Crippen molar-refractivity contribution in [3.63, 3.8) is 0 Å². The average molecular weight is 820 g/mol. The van der Waals surface area contributed by atoms with Crippen molar-refractivity contribution in [1.29, 1.82) is 0 Å². The Morgan fingerprint density at radius 3 is 1.21 bits per heavy atom. The molecule has 0 saturated carbocycles. The van der Waals surface area contributed by atoms with Crippen molar-refractivity contribution < 1.29 is 28.8 Å². The molecular weight excluding hydrogens is 783 g/mol. The summed E-state index contributed by atoms with van der Waals surface area (Å²) in [6.07, 6.45) is 0. The van der Waals surface area contributed by atoms with E-state index in [0.29, 0.717) is 32.8 Å². The highest BCUT2D eigenvalue weighted by Gasteiger charge is 2.42. The van der Waals surface area contributed by atoms with Crippen LogP contribution in [0, 0.1) is 0 Å². The van der Waals surface area contributed by atoms with E-state index in [1.165, 1.54) is 9.80 Å². The SMILES string of the molecule is O=C(Nc1ccc(NC(=O)N(Cc2ccccc2)CC2NC(=O)N(c3ccc(Cl)cc3)C2=O)cc1)N(Cc1ccccc1)CC1NC(=O)N(c2ccc(Cl)cc2)C1=O. The predicted octanol–water partition coefficient (Wildman–Crippen LogP) is 7.31. The maximum absolute atomic E-state index is 13.8. The standard InChI is InChI=1S/C42H36Cl2N8O6/c43-29-11-19-33(20-12-29)51-37(53)35(47-41(51)57)25-49(23-27-7-3-1-4-8-27)39(55)45-31-15-17-32(18-16-31)46-40(56)50(24-28-9-5-2-6-10-28)26-36-38(54)52(42(58)48-36)34-21-13-30(44)14-22-34/h1-22,35-36H,23-26H2,(H,45,55)(H,46,56)(H,47,57)(H,48,58). The van der Waals surface area contributed by atoms with Gasteiger partial charge < -0.3 is 31.1 Å². The number of halogens is 2. The number of imide groups is 2. The fourth-order valence-corrected chi connectivity index (χ4v) is 6.76. The summed E-state index contributed by atoms with van der Waals surface area (Å²) in [5.74, 6) is -1.03. The molecule has 58 heavy (non-hydrogen) atoms. The van der Waals surface area contributed by atoms with E-state index in [0.717, 1.165) is 20.9 Å². The van der Waals surface area contributed by atoms with Crippen molar-refractivity contribution in [2.75, 3.05) is 33.5 Å². The topological polar surface area (TPSA) is 164 Å². The first-order valence-electron chi connectivity index (χ1n) is 18.1. The summed E-state index contributed by atoms with van der Waals surface area (Å²) >= 11 is 12.0. The molecule has 2 aliphatic rings. The predicted molar refractivity (Wildman–Crippen MR) is 221 cm³/mol. The van der Waals surface area contributed by atoms with Crippen LogP contribution < -0.4 is 31.1 Å². The first-order chi connectivity index (χ1) is 28.0. The van der Waals surface area contributed by atoms with E-state index in [9.17, 15) is 28.8 Å². The quantitative estimate of drug-likeness (QED) is 0.0965. The summed E-state index contributed by atoms with van der Waals surface area (Å²) in [5, 5.41) is 12.0. The van der Waals surface area contributed by atoms with Gasteiger partial charge in [-0.3, -0.25) is 9.59 Å². The van der Waals surface area contributed by atoms with Crippen molar-refractivity contribution >= 4 is 81.9 Å². The van der Waals surface area contributed by atoms with Crippen molar-refractivity contribution in [3.05, 3.63) is 155 Å². The number of hydrogen-bond donors (Lipinski definition) is 4. The third-order valence-corrected chi connectivity index (χ3v) is 9.91. The lowest BCUT2D eigenvalue weighted by molar-refractivity contribution is -0.119. The zero-order valence-corrected chi connectivity index (χ0v) is 32.2. The number of rotatable bonds is 12. The lowest BCUT2D eigenvalue weighted by atomic mass is 10.2. The zero-order valence-electron chi connectivity index (χ0n) is 30.7. The minimum Gasteiger partial charge on any atom is -0.324 e. The first kappa shape index (κ1) is 39.3. The van der Waals surface area contributed by atoms with Crippen molar-refractivity contribution in [1.82, 2.24) is 20.4 Å². The Bertz CT molecular complexity index is 2150. The lowest BCUT2D eigenvalue weighted by Gasteiger charge is -2.26. The van der Waals surface area contributed by atoms with Crippen LogP contribution in [-0.2, 0) is 22.7 Å². The molecule has 2 fully saturated rings. The Morgan fingerprint density at radius 2 is 0.862 bits per heavy atom. The van der Waals surface area contributed by atoms with E-state index >= 15 is 0 Å². The molecular formula is C42H36Cl2N8O6. The van der Waals surface area contributed by atoms with Gasteiger partial charge in [0.05, 0.1) is 24.5 Å². The van der Waals surface area contributed by atoms with Gasteiger partial charge >= 0.3 is 24.1 Å². The monoisotopic (exact) mass is 818 g/mol. The summed E-state index contributed by atoms with van der Waals surface area (Å²) in [7, 11) is 0. The van der Waals surface area contributed by atoms with E-state index < -0.39 is 48.0 Å². The molecule has 16 heteroatoms. The fourth-order valence-electron chi connectivity index (χ4n) is 6.51. The summed E-state index contributed by atoms with van der Waals surface area (Å²) in [6.45, 7) is 0.0323. The Kier molecular flexibility index (Phi) is 11.9. The molecule has 10 amide bonds. The second-order valence-electron chi connectivity index (χ2n) is 13.5. The highest BCUT2D eigenvalue weighted by molar-refractivity contribution is 6.31. The summed E-state index contributed by atoms with van der Waals surface area (Å²) in [6, 6.07) is 33.1. The molecule has 5 aromatic carbocycles. The Labute approximate surface area is 343 Å². The number of anilines is 4. The maximum atomic E-state index is 13.8. The molecule has 2 saturated heterocycles. The molecule has 0 radical (unpaired) electrons. The second-order valence-corrected chi connectivity index (χ2v) is 14.3. The molecule has 0 aromatic heterocycles. The van der Waals surface area contributed by atoms with Gasteiger partial charge in [-0.15, -0.1) is 0 Å². The molecule has 0 spiro atoms. The molecule has 7 rings (SSSR count). The number of nitrogens with zero attached hydrogens (tertiary/aromatic N) is 4. The normalized spacial score (nSPS) is 16.2. The van der Waals surface area contributed by atoms with Gasteiger partial charge in [-0.2, -0.15) is 0 Å². The number of benzene rings is 5. The van der Waals surface area contributed by atoms with Gasteiger partial charge in [0.25, 0.3) is 11.8 Å². The van der Waals surface area contributed by atoms with Gasteiger partial charge in [0.1, 0.15) is 12.1 Å². The molecule has 14 nitrogen and oxygen atoms in total. The van der Waals surface area contributed by atoms with Crippen molar-refractivity contribution in [2.24, 2.45) is 0 Å². The van der Waals surface area contributed by atoms with E-state index in [-0.39, 0.29) is 26.2 Å². The fraction of sp³-hybridized carbons (Fsp3) is 0.143. The minimum atomic E-state index is -1.01. The highest BCUT2D eigenvalue weighted by atomic mass is 35.5. The molecule has 4 N–H and O–H groups in total. The van der Waals surface area contributed by atoms with E-state index in [2.05, 4.69) is 21.3 Å². The van der Waals surface area contributed by atoms with E-state index in [4.69, 9.17) is 23.2 Å². The maximum Gasteiger partial charge on any atom is 0.329 e. The summed E-state index contributed by atoms with van der Waals surface area (Å²) < 4.78 is 0. The van der Waals surface area contributed by atoms with Gasteiger partial charge in [-0.25, -0.2) is 29.0 Å². The summed E-state index contributed by atoms with van der Waals surface area (Å²) in [4.78, 5) is 85.1. The molecule has 2 aliphatic heterocycles. The van der Waals surface area contributed by atoms with Crippen LogP contribution in [0.15, 0.2) is 133 Å². The van der Waals surface area contributed by atoms with Crippen LogP contribution in [0.4, 0.5) is 41.9 Å². The average Bonchev–Trinajstić information content (AvgIpc) is 3.67. The van der Waals surface area contributed by atoms with Crippen LogP contribution in [0.2, 0.25) is 10.0 Å². The molecule has 5 aromatic rings. The first-order valence-corrected chi connectivity index (χ1v) is 18.9. The van der Waals surface area contributed by atoms with Gasteiger partial charge in [-0.05, 0) is 83.9 Å². The molecule has 2 unspecified atom stereocenters. The van der Waals surface area contributed by atoms with E-state index in [1.807, 2.05) is 60.7 Å². The third-order valence-electron chi connectivity index (χ3n) is 9.41. The number of hydrogen-bond acceptors (Lipinski definition) is 6. The largest absolute Gasteiger partial charge is 0.329 e. The smallest absolute Gasteiger partial charge is 0.324 e. The summed E-state index contributed by atoms with van der Waals surface area (Å²) in [5.41, 5.74) is 3.10. The van der Waals surface area contributed by atoms with Crippen LogP contribution >= 0.6 is 23.2 Å². The number of amides is 10. The third kappa shape index (κ3) is 9.20. The van der Waals surface area contributed by atoms with Crippen LogP contribution in [-0.4, -0.2) is 70.9 Å². The Hall–Kier alpha value is -6.90. The highest BCUT2D eigenvalue weighted by Crippen LogP contribution is 2.25. The van der Waals surface area contributed by atoms with Crippen LogP contribution in [0.3, 0.4) is 0 Å². The van der Waals surface area contributed by atoms with Crippen molar-refractivity contribution in [3.8, 4) is 0 Å².